The second kappa shape index (κ2) is 6.49. The molecule has 0 spiro atoms. The van der Waals surface area contributed by atoms with Gasteiger partial charge in [0.2, 0.25) is 0 Å². The molecule has 0 bridgehead atoms. The van der Waals surface area contributed by atoms with E-state index >= 15 is 0 Å². The second-order valence-corrected chi connectivity index (χ2v) is 8.90. The lowest BCUT2D eigenvalue weighted by molar-refractivity contribution is 0.550. The first kappa shape index (κ1) is 17.2. The van der Waals surface area contributed by atoms with Crippen molar-refractivity contribution in [3.05, 3.63) is 91.0 Å². The van der Waals surface area contributed by atoms with Crippen LogP contribution in [0.5, 0.6) is 0 Å². The zero-order valence-corrected chi connectivity index (χ0v) is 17.5. The van der Waals surface area contributed by atoms with E-state index in [-0.39, 0.29) is 0 Å². The minimum absolute atomic E-state index is 0.626. The highest BCUT2D eigenvalue weighted by atomic mass is 15.0. The molecule has 150 valence electrons. The molecule has 7 rings (SSSR count). The molecule has 0 N–H and O–H groups in total. The first-order chi connectivity index (χ1) is 15.4. The fourth-order valence-electron chi connectivity index (χ4n) is 5.89. The molecule has 0 unspecified atom stereocenters. The number of aromatic nitrogens is 2. The molecule has 2 heterocycles. The fourth-order valence-corrected chi connectivity index (χ4v) is 5.89. The van der Waals surface area contributed by atoms with E-state index in [2.05, 4.69) is 100 Å². The maximum Gasteiger partial charge on any atom is 0.0541 e. The maximum absolute atomic E-state index is 2.62. The summed E-state index contributed by atoms with van der Waals surface area (Å²) in [6.07, 6.45) is 5.28. The third-order valence-electron chi connectivity index (χ3n) is 7.22. The highest BCUT2D eigenvalue weighted by molar-refractivity contribution is 6.11. The van der Waals surface area contributed by atoms with Gasteiger partial charge >= 0.3 is 0 Å². The lowest BCUT2D eigenvalue weighted by Crippen LogP contribution is -2.04. The Balaban J connectivity index is 1.56. The predicted octanol–water partition coefficient (Wildman–Crippen LogP) is 8.01. The molecule has 2 nitrogen and oxygen atoms in total. The molecule has 1 fully saturated rings. The monoisotopic (exact) mass is 400 g/mol. The molecule has 2 aromatic heterocycles. The van der Waals surface area contributed by atoms with Gasteiger partial charge in [0.15, 0.2) is 0 Å². The SMILES string of the molecule is c1ccc2c(c1)c1ccccc1n2-c1ccc2c(c1)c1ccccc1n2C1CCCC1. The summed E-state index contributed by atoms with van der Waals surface area (Å²) >= 11 is 0. The number of hydrogen-bond acceptors (Lipinski definition) is 0. The van der Waals surface area contributed by atoms with Crippen molar-refractivity contribution in [2.75, 3.05) is 0 Å². The average Bonchev–Trinajstić information content (AvgIpc) is 3.53. The Morgan fingerprint density at radius 2 is 1.03 bits per heavy atom. The predicted molar refractivity (Wildman–Crippen MR) is 131 cm³/mol. The highest BCUT2D eigenvalue weighted by Crippen LogP contribution is 2.40. The van der Waals surface area contributed by atoms with Crippen molar-refractivity contribution < 1.29 is 0 Å². The van der Waals surface area contributed by atoms with Gasteiger partial charge in [-0.25, -0.2) is 0 Å². The van der Waals surface area contributed by atoms with Gasteiger partial charge in [0.1, 0.15) is 0 Å². The van der Waals surface area contributed by atoms with Crippen molar-refractivity contribution in [3.63, 3.8) is 0 Å². The zero-order chi connectivity index (χ0) is 20.4. The Kier molecular flexibility index (Phi) is 3.60. The Labute approximate surface area is 181 Å². The molecule has 0 amide bonds. The van der Waals surface area contributed by atoms with Gasteiger partial charge in [-0.2, -0.15) is 0 Å². The molecule has 6 aromatic rings. The smallest absolute Gasteiger partial charge is 0.0541 e. The molecule has 1 aliphatic carbocycles. The maximum atomic E-state index is 2.62. The van der Waals surface area contributed by atoms with Crippen molar-refractivity contribution >= 4 is 43.6 Å². The Hall–Kier alpha value is -3.52. The number of hydrogen-bond donors (Lipinski definition) is 0. The standard InChI is InChI=1S/C29H24N2/c1-2-10-20(9-1)30-28-16-8-5-13-24(28)25-19-21(17-18-29(25)30)31-26-14-6-3-11-22(26)23-12-4-7-15-27(23)31/h3-8,11-20H,1-2,9-10H2. The highest BCUT2D eigenvalue weighted by Gasteiger charge is 2.22. The van der Waals surface area contributed by atoms with E-state index < -0.39 is 0 Å². The summed E-state index contributed by atoms with van der Waals surface area (Å²) in [5.41, 5.74) is 6.52. The number of para-hydroxylation sites is 3. The number of nitrogens with zero attached hydrogens (tertiary/aromatic N) is 2. The van der Waals surface area contributed by atoms with Crippen LogP contribution in [0.25, 0.3) is 49.3 Å². The summed E-state index contributed by atoms with van der Waals surface area (Å²) in [6, 6.07) is 34.1. The molecule has 4 aromatic carbocycles. The average molecular weight is 401 g/mol. The minimum atomic E-state index is 0.626. The third kappa shape index (κ3) is 2.39. The van der Waals surface area contributed by atoms with Crippen LogP contribution < -0.4 is 0 Å². The van der Waals surface area contributed by atoms with Crippen LogP contribution in [0, 0.1) is 0 Å². The molecule has 31 heavy (non-hydrogen) atoms. The molecule has 1 aliphatic rings. The van der Waals surface area contributed by atoms with Gasteiger partial charge in [-0.1, -0.05) is 67.4 Å². The Morgan fingerprint density at radius 1 is 0.516 bits per heavy atom. The summed E-state index contributed by atoms with van der Waals surface area (Å²) < 4.78 is 5.04. The van der Waals surface area contributed by atoms with E-state index in [0.29, 0.717) is 6.04 Å². The van der Waals surface area contributed by atoms with Crippen LogP contribution >= 0.6 is 0 Å². The normalized spacial score (nSPS) is 15.1. The molecule has 0 aliphatic heterocycles. The van der Waals surface area contributed by atoms with Crippen LogP contribution in [0.1, 0.15) is 31.7 Å². The van der Waals surface area contributed by atoms with Crippen LogP contribution in [0.4, 0.5) is 0 Å². The van der Waals surface area contributed by atoms with Gasteiger partial charge in [-0.3, -0.25) is 0 Å². The Morgan fingerprint density at radius 3 is 1.68 bits per heavy atom. The first-order valence-electron chi connectivity index (χ1n) is 11.4. The van der Waals surface area contributed by atoms with E-state index in [1.54, 1.807) is 0 Å². The lowest BCUT2D eigenvalue weighted by Gasteiger charge is -2.15. The molecular formula is C29H24N2. The van der Waals surface area contributed by atoms with Crippen LogP contribution in [-0.2, 0) is 0 Å². The minimum Gasteiger partial charge on any atom is -0.337 e. The molecular weight excluding hydrogens is 376 g/mol. The molecule has 0 saturated heterocycles. The van der Waals surface area contributed by atoms with Gasteiger partial charge in [-0.15, -0.1) is 0 Å². The van der Waals surface area contributed by atoms with Gasteiger partial charge < -0.3 is 9.13 Å². The van der Waals surface area contributed by atoms with Crippen LogP contribution in [-0.4, -0.2) is 9.13 Å². The first-order valence-corrected chi connectivity index (χ1v) is 11.4. The van der Waals surface area contributed by atoms with Crippen molar-refractivity contribution in [1.29, 1.82) is 0 Å². The van der Waals surface area contributed by atoms with E-state index in [1.165, 1.54) is 75.0 Å². The second-order valence-electron chi connectivity index (χ2n) is 8.90. The summed E-state index contributed by atoms with van der Waals surface area (Å²) in [5.74, 6) is 0. The quantitative estimate of drug-likeness (QED) is 0.279. The van der Waals surface area contributed by atoms with Crippen molar-refractivity contribution in [2.45, 2.75) is 31.7 Å². The molecule has 0 atom stereocenters. The van der Waals surface area contributed by atoms with E-state index in [9.17, 15) is 0 Å². The van der Waals surface area contributed by atoms with E-state index in [4.69, 9.17) is 0 Å². The topological polar surface area (TPSA) is 9.86 Å². The Bertz CT molecular complexity index is 1540. The van der Waals surface area contributed by atoms with Crippen LogP contribution in [0.3, 0.4) is 0 Å². The molecule has 1 saturated carbocycles. The van der Waals surface area contributed by atoms with E-state index in [0.717, 1.165) is 0 Å². The lowest BCUT2D eigenvalue weighted by atomic mass is 10.1. The number of rotatable bonds is 2. The number of benzene rings is 4. The van der Waals surface area contributed by atoms with Gasteiger partial charge in [0, 0.05) is 44.3 Å². The van der Waals surface area contributed by atoms with Crippen molar-refractivity contribution in [3.8, 4) is 5.69 Å². The van der Waals surface area contributed by atoms with E-state index in [1.807, 2.05) is 0 Å². The van der Waals surface area contributed by atoms with Gasteiger partial charge in [0.05, 0.1) is 11.0 Å². The van der Waals surface area contributed by atoms with Gasteiger partial charge in [0.25, 0.3) is 0 Å². The summed E-state index contributed by atoms with van der Waals surface area (Å²) in [6.45, 7) is 0. The fraction of sp³-hybridized carbons (Fsp3) is 0.172. The zero-order valence-electron chi connectivity index (χ0n) is 17.5. The van der Waals surface area contributed by atoms with Crippen LogP contribution in [0.15, 0.2) is 91.0 Å². The molecule has 0 radical (unpaired) electrons. The molecule has 2 heteroatoms. The summed E-state index contributed by atoms with van der Waals surface area (Å²) in [4.78, 5) is 0. The van der Waals surface area contributed by atoms with Crippen molar-refractivity contribution in [1.82, 2.24) is 9.13 Å². The van der Waals surface area contributed by atoms with Crippen molar-refractivity contribution in [2.24, 2.45) is 0 Å². The summed E-state index contributed by atoms with van der Waals surface area (Å²) in [7, 11) is 0. The summed E-state index contributed by atoms with van der Waals surface area (Å²) in [5, 5.41) is 5.35. The third-order valence-corrected chi connectivity index (χ3v) is 7.22. The largest absolute Gasteiger partial charge is 0.337 e. The number of fused-ring (bicyclic) bond motifs is 6. The van der Waals surface area contributed by atoms with Gasteiger partial charge in [-0.05, 0) is 49.2 Å². The van der Waals surface area contributed by atoms with Crippen LogP contribution in [0.2, 0.25) is 0 Å².